The van der Waals surface area contributed by atoms with E-state index in [1.54, 1.807) is 24.3 Å². The summed E-state index contributed by atoms with van der Waals surface area (Å²) >= 11 is 0. The Morgan fingerprint density at radius 2 is 1.52 bits per heavy atom. The van der Waals surface area contributed by atoms with E-state index in [1.807, 2.05) is 0 Å². The zero-order chi connectivity index (χ0) is 28.3. The van der Waals surface area contributed by atoms with E-state index in [-0.39, 0.29) is 11.4 Å². The van der Waals surface area contributed by atoms with Crippen LogP contribution in [0.25, 0.3) is 0 Å². The third-order valence-corrected chi connectivity index (χ3v) is 5.25. The van der Waals surface area contributed by atoms with E-state index in [4.69, 9.17) is 4.74 Å². The maximum Gasteiger partial charge on any atom is 0.540 e. The van der Waals surface area contributed by atoms with Gasteiger partial charge in [0, 0.05) is 29.8 Å². The molecule has 10 nitrogen and oxygen atoms in total. The SMILES string of the molecule is O=C(Nc1ccc(Oc2ccnc(C(=O)Nc3ccccn3)c2)cc1)Nc1ccc2c(c1)C(F)(F)OC(F)(F)O2. The van der Waals surface area contributed by atoms with Gasteiger partial charge in [-0.2, -0.15) is 8.78 Å². The number of hydrogen-bond donors (Lipinski definition) is 3. The number of nitrogens with one attached hydrogen (secondary N) is 3. The molecule has 3 heterocycles. The molecule has 1 aliphatic rings. The van der Waals surface area contributed by atoms with Gasteiger partial charge in [-0.05, 0) is 60.7 Å². The Hall–Kier alpha value is -5.24. The second kappa shape index (κ2) is 10.5. The van der Waals surface area contributed by atoms with Crippen molar-refractivity contribution < 1.29 is 41.4 Å². The lowest BCUT2D eigenvalue weighted by Crippen LogP contribution is -2.41. The van der Waals surface area contributed by atoms with E-state index in [9.17, 15) is 27.2 Å². The van der Waals surface area contributed by atoms with Crippen molar-refractivity contribution in [3.05, 3.63) is 96.4 Å². The third kappa shape index (κ3) is 6.24. The molecule has 5 rings (SSSR count). The van der Waals surface area contributed by atoms with Crippen LogP contribution in [-0.2, 0) is 10.8 Å². The van der Waals surface area contributed by atoms with Crippen LogP contribution in [0.2, 0.25) is 0 Å². The fraction of sp³-hybridized carbons (Fsp3) is 0.0769. The van der Waals surface area contributed by atoms with Gasteiger partial charge in [0.15, 0.2) is 0 Å². The highest BCUT2D eigenvalue weighted by molar-refractivity contribution is 6.02. The van der Waals surface area contributed by atoms with Crippen molar-refractivity contribution in [1.29, 1.82) is 0 Å². The van der Waals surface area contributed by atoms with Gasteiger partial charge in [-0.15, -0.1) is 8.78 Å². The second-order valence-corrected chi connectivity index (χ2v) is 8.15. The number of rotatable bonds is 6. The number of pyridine rings is 2. The first kappa shape index (κ1) is 26.4. The molecular formula is C26H17F4N5O5. The number of halogens is 4. The number of amides is 3. The fourth-order valence-corrected chi connectivity index (χ4v) is 3.53. The molecule has 0 saturated heterocycles. The zero-order valence-corrected chi connectivity index (χ0v) is 20.0. The number of aromatic nitrogens is 2. The van der Waals surface area contributed by atoms with E-state index >= 15 is 0 Å². The topological polar surface area (TPSA) is 124 Å². The standard InChI is InChI=1S/C26H17F4N5O5/c27-25(28)19-13-16(6-9-21(19)39-26(29,30)40-25)34-24(37)33-15-4-7-17(8-5-15)38-18-10-12-31-20(14-18)23(36)35-22-3-1-2-11-32-22/h1-14H,(H,32,35,36)(H2,33,34,37). The number of carbonyl (C=O) groups excluding carboxylic acids is 2. The number of carbonyl (C=O) groups is 2. The van der Waals surface area contributed by atoms with Crippen molar-refractivity contribution >= 4 is 29.1 Å². The normalized spacial score (nSPS) is 14.7. The lowest BCUT2D eigenvalue weighted by molar-refractivity contribution is -0.461. The summed E-state index contributed by atoms with van der Waals surface area (Å²) in [4.78, 5) is 32.8. The van der Waals surface area contributed by atoms with Crippen LogP contribution >= 0.6 is 0 Å². The average Bonchev–Trinajstić information content (AvgIpc) is 2.90. The maximum absolute atomic E-state index is 14.0. The fourth-order valence-electron chi connectivity index (χ4n) is 3.53. The van der Waals surface area contributed by atoms with Gasteiger partial charge in [0.2, 0.25) is 0 Å². The molecule has 0 radical (unpaired) electrons. The predicted molar refractivity (Wildman–Crippen MR) is 133 cm³/mol. The summed E-state index contributed by atoms with van der Waals surface area (Å²) in [5.74, 6) is -0.185. The number of benzene rings is 2. The number of alkyl halides is 4. The molecule has 0 atom stereocenters. The van der Waals surface area contributed by atoms with Gasteiger partial charge < -0.3 is 25.4 Å². The van der Waals surface area contributed by atoms with Gasteiger partial charge in [-0.1, -0.05) is 6.07 Å². The summed E-state index contributed by atoms with van der Waals surface area (Å²) in [5, 5.41) is 7.44. The number of nitrogens with zero attached hydrogens (tertiary/aromatic N) is 2. The average molecular weight is 555 g/mol. The van der Waals surface area contributed by atoms with Crippen molar-refractivity contribution in [3.8, 4) is 17.2 Å². The minimum absolute atomic E-state index is 0.102. The van der Waals surface area contributed by atoms with Crippen molar-refractivity contribution in [2.45, 2.75) is 12.4 Å². The third-order valence-electron chi connectivity index (χ3n) is 5.25. The Bertz CT molecular complexity index is 1560. The number of urea groups is 1. The molecule has 0 saturated carbocycles. The Morgan fingerprint density at radius 3 is 2.27 bits per heavy atom. The lowest BCUT2D eigenvalue weighted by atomic mass is 10.1. The molecule has 0 spiro atoms. The zero-order valence-electron chi connectivity index (χ0n) is 20.0. The largest absolute Gasteiger partial charge is 0.540 e. The summed E-state index contributed by atoms with van der Waals surface area (Å²) in [6.45, 7) is 0. The first-order valence-corrected chi connectivity index (χ1v) is 11.4. The molecule has 0 unspecified atom stereocenters. The van der Waals surface area contributed by atoms with E-state index in [0.29, 0.717) is 23.0 Å². The lowest BCUT2D eigenvalue weighted by Gasteiger charge is -2.30. The summed E-state index contributed by atoms with van der Waals surface area (Å²) in [5.41, 5.74) is -0.658. The molecule has 2 aromatic heterocycles. The van der Waals surface area contributed by atoms with Crippen molar-refractivity contribution in [2.75, 3.05) is 16.0 Å². The summed E-state index contributed by atoms with van der Waals surface area (Å²) in [6.07, 6.45) is -5.88. The van der Waals surface area contributed by atoms with Crippen LogP contribution in [0.1, 0.15) is 16.1 Å². The van der Waals surface area contributed by atoms with E-state index in [2.05, 4.69) is 35.4 Å². The minimum atomic E-state index is -4.49. The molecule has 14 heteroatoms. The number of ether oxygens (including phenoxy) is 3. The summed E-state index contributed by atoms with van der Waals surface area (Å²) in [6, 6.07) is 16.1. The minimum Gasteiger partial charge on any atom is -0.457 e. The van der Waals surface area contributed by atoms with Crippen LogP contribution in [0.15, 0.2) is 85.2 Å². The Morgan fingerprint density at radius 1 is 0.775 bits per heavy atom. The van der Waals surface area contributed by atoms with Crippen LogP contribution in [0.3, 0.4) is 0 Å². The van der Waals surface area contributed by atoms with E-state index in [0.717, 1.165) is 18.2 Å². The highest BCUT2D eigenvalue weighted by atomic mass is 19.3. The Kier molecular flexibility index (Phi) is 6.92. The van der Waals surface area contributed by atoms with Gasteiger partial charge in [-0.25, -0.2) is 14.5 Å². The van der Waals surface area contributed by atoms with Crippen LogP contribution in [0.5, 0.6) is 17.2 Å². The van der Waals surface area contributed by atoms with Gasteiger partial charge >= 0.3 is 18.4 Å². The second-order valence-electron chi connectivity index (χ2n) is 8.15. The monoisotopic (exact) mass is 555 g/mol. The number of hydrogen-bond acceptors (Lipinski definition) is 7. The maximum atomic E-state index is 14.0. The van der Waals surface area contributed by atoms with Crippen molar-refractivity contribution in [1.82, 2.24) is 9.97 Å². The van der Waals surface area contributed by atoms with E-state index < -0.39 is 35.7 Å². The van der Waals surface area contributed by atoms with Crippen LogP contribution in [0, 0.1) is 0 Å². The molecule has 0 bridgehead atoms. The molecule has 2 aromatic carbocycles. The highest BCUT2D eigenvalue weighted by Gasteiger charge is 2.54. The summed E-state index contributed by atoms with van der Waals surface area (Å²) in [7, 11) is 0. The van der Waals surface area contributed by atoms with Gasteiger partial charge in [0.1, 0.15) is 28.8 Å². The highest BCUT2D eigenvalue weighted by Crippen LogP contribution is 2.46. The number of fused-ring (bicyclic) bond motifs is 1. The molecule has 204 valence electrons. The molecular weight excluding hydrogens is 538 g/mol. The predicted octanol–water partition coefficient (Wildman–Crippen LogP) is 6.17. The van der Waals surface area contributed by atoms with Gasteiger partial charge in [0.25, 0.3) is 5.91 Å². The number of anilines is 3. The summed E-state index contributed by atoms with van der Waals surface area (Å²) < 4.78 is 67.5. The Labute approximate surface area is 222 Å². The van der Waals surface area contributed by atoms with Gasteiger partial charge in [0.05, 0.1) is 5.56 Å². The van der Waals surface area contributed by atoms with Gasteiger partial charge in [-0.3, -0.25) is 9.78 Å². The smallest absolute Gasteiger partial charge is 0.457 e. The first-order valence-electron chi connectivity index (χ1n) is 11.4. The molecule has 0 aliphatic carbocycles. The Balaban J connectivity index is 1.19. The quantitative estimate of drug-likeness (QED) is 0.243. The molecule has 0 fully saturated rings. The van der Waals surface area contributed by atoms with Crippen molar-refractivity contribution in [2.24, 2.45) is 0 Å². The van der Waals surface area contributed by atoms with E-state index in [1.165, 1.54) is 42.7 Å². The molecule has 40 heavy (non-hydrogen) atoms. The first-order chi connectivity index (χ1) is 19.1. The van der Waals surface area contributed by atoms with Crippen LogP contribution in [0.4, 0.5) is 39.5 Å². The molecule has 3 N–H and O–H groups in total. The molecule has 4 aromatic rings. The molecule has 3 amide bonds. The van der Waals surface area contributed by atoms with Crippen LogP contribution < -0.4 is 25.4 Å². The van der Waals surface area contributed by atoms with Crippen molar-refractivity contribution in [3.63, 3.8) is 0 Å². The van der Waals surface area contributed by atoms with Crippen LogP contribution in [-0.4, -0.2) is 28.2 Å². The molecule has 1 aliphatic heterocycles.